The highest BCUT2D eigenvalue weighted by molar-refractivity contribution is 8.00. The molecule has 1 heterocycles. The van der Waals surface area contributed by atoms with E-state index in [1.54, 1.807) is 35.4 Å². The van der Waals surface area contributed by atoms with Gasteiger partial charge in [0.15, 0.2) is 0 Å². The highest BCUT2D eigenvalue weighted by Crippen LogP contribution is 2.27. The maximum Gasteiger partial charge on any atom is 0.233 e. The van der Waals surface area contributed by atoms with Gasteiger partial charge < -0.3 is 10.0 Å². The summed E-state index contributed by atoms with van der Waals surface area (Å²) in [6.45, 7) is 0.637. The Morgan fingerprint density at radius 3 is 2.79 bits per heavy atom. The van der Waals surface area contributed by atoms with Crippen LogP contribution in [0.25, 0.3) is 0 Å². The first kappa shape index (κ1) is 14.0. The number of thioether (sulfide) groups is 1. The van der Waals surface area contributed by atoms with Crippen LogP contribution >= 0.6 is 23.1 Å². The van der Waals surface area contributed by atoms with Gasteiger partial charge in [0.2, 0.25) is 5.91 Å². The fourth-order valence-electron chi connectivity index (χ4n) is 1.55. The number of carbonyl (C=O) groups excluding carboxylic acids is 1. The smallest absolute Gasteiger partial charge is 0.233 e. The van der Waals surface area contributed by atoms with E-state index < -0.39 is 0 Å². The molecular weight excluding hydrogens is 278 g/mol. The van der Waals surface area contributed by atoms with Crippen LogP contribution in [-0.4, -0.2) is 28.7 Å². The van der Waals surface area contributed by atoms with E-state index in [-0.39, 0.29) is 11.7 Å². The number of carbonyl (C=O) groups is 1. The summed E-state index contributed by atoms with van der Waals surface area (Å²) < 4.78 is 0. The van der Waals surface area contributed by atoms with Gasteiger partial charge in [-0.1, -0.05) is 18.2 Å². The first-order chi connectivity index (χ1) is 9.16. The number of aromatic hydroxyl groups is 1. The molecule has 0 bridgehead atoms. The summed E-state index contributed by atoms with van der Waals surface area (Å²) in [7, 11) is 1.80. The summed E-state index contributed by atoms with van der Waals surface area (Å²) in [5, 5.41) is 11.6. The van der Waals surface area contributed by atoms with Gasteiger partial charge in [-0.3, -0.25) is 4.79 Å². The van der Waals surface area contributed by atoms with E-state index in [9.17, 15) is 9.90 Å². The van der Waals surface area contributed by atoms with Gasteiger partial charge in [-0.25, -0.2) is 0 Å². The summed E-state index contributed by atoms with van der Waals surface area (Å²) in [5.74, 6) is 0.613. The Morgan fingerprint density at radius 2 is 2.11 bits per heavy atom. The fraction of sp³-hybridized carbons (Fsp3) is 0.214. The molecule has 1 N–H and O–H groups in total. The Morgan fingerprint density at radius 1 is 1.32 bits per heavy atom. The van der Waals surface area contributed by atoms with Crippen molar-refractivity contribution in [3.05, 3.63) is 46.7 Å². The molecule has 0 atom stereocenters. The van der Waals surface area contributed by atoms with Crippen molar-refractivity contribution in [3.63, 3.8) is 0 Å². The molecule has 0 spiro atoms. The van der Waals surface area contributed by atoms with Gasteiger partial charge in [0.25, 0.3) is 0 Å². The molecule has 0 radical (unpaired) electrons. The van der Waals surface area contributed by atoms with Gasteiger partial charge in [0, 0.05) is 16.8 Å². The van der Waals surface area contributed by atoms with E-state index in [1.807, 2.05) is 29.6 Å². The topological polar surface area (TPSA) is 40.5 Å². The van der Waals surface area contributed by atoms with E-state index in [0.29, 0.717) is 12.3 Å². The Hall–Kier alpha value is -1.46. The highest BCUT2D eigenvalue weighted by Gasteiger charge is 2.11. The van der Waals surface area contributed by atoms with Gasteiger partial charge in [0.05, 0.1) is 12.3 Å². The Bertz CT molecular complexity index is 540. The third-order valence-electron chi connectivity index (χ3n) is 2.62. The van der Waals surface area contributed by atoms with Crippen molar-refractivity contribution >= 4 is 29.0 Å². The highest BCUT2D eigenvalue weighted by atomic mass is 32.2. The quantitative estimate of drug-likeness (QED) is 0.861. The molecule has 1 aromatic heterocycles. The molecule has 1 aromatic carbocycles. The SMILES string of the molecule is CN(Cc1cccs1)C(=O)CSc1ccccc1O. The predicted octanol–water partition coefficient (Wildman–Crippen LogP) is 3.20. The van der Waals surface area contributed by atoms with Gasteiger partial charge in [-0.15, -0.1) is 23.1 Å². The first-order valence-corrected chi connectivity index (χ1v) is 7.70. The van der Waals surface area contributed by atoms with Crippen molar-refractivity contribution < 1.29 is 9.90 Å². The molecule has 2 rings (SSSR count). The fourth-order valence-corrected chi connectivity index (χ4v) is 3.20. The number of hydrogen-bond donors (Lipinski definition) is 1. The molecule has 0 saturated heterocycles. The second kappa shape index (κ2) is 6.63. The third-order valence-corrected chi connectivity index (χ3v) is 4.52. The first-order valence-electron chi connectivity index (χ1n) is 5.84. The van der Waals surface area contributed by atoms with E-state index >= 15 is 0 Å². The number of rotatable bonds is 5. The predicted molar refractivity (Wildman–Crippen MR) is 79.6 cm³/mol. The summed E-state index contributed by atoms with van der Waals surface area (Å²) in [6.07, 6.45) is 0. The molecule has 2 aromatic rings. The third kappa shape index (κ3) is 4.01. The maximum atomic E-state index is 12.0. The van der Waals surface area contributed by atoms with E-state index in [2.05, 4.69) is 0 Å². The molecule has 0 aliphatic rings. The van der Waals surface area contributed by atoms with Gasteiger partial charge >= 0.3 is 0 Å². The van der Waals surface area contributed by atoms with Crippen molar-refractivity contribution in [2.45, 2.75) is 11.4 Å². The van der Waals surface area contributed by atoms with Crippen LogP contribution in [0.3, 0.4) is 0 Å². The average molecular weight is 293 g/mol. The van der Waals surface area contributed by atoms with Crippen LogP contribution in [0.1, 0.15) is 4.88 Å². The maximum absolute atomic E-state index is 12.0. The molecule has 5 heteroatoms. The lowest BCUT2D eigenvalue weighted by molar-refractivity contribution is -0.127. The minimum atomic E-state index is 0.0571. The molecule has 0 fully saturated rings. The van der Waals surface area contributed by atoms with Crippen molar-refractivity contribution in [1.82, 2.24) is 4.90 Å². The zero-order valence-electron chi connectivity index (χ0n) is 10.6. The Balaban J connectivity index is 1.86. The summed E-state index contributed by atoms with van der Waals surface area (Å²) >= 11 is 3.00. The van der Waals surface area contributed by atoms with Crippen LogP contribution in [0.15, 0.2) is 46.7 Å². The van der Waals surface area contributed by atoms with Crippen molar-refractivity contribution in [2.75, 3.05) is 12.8 Å². The van der Waals surface area contributed by atoms with Crippen LogP contribution in [-0.2, 0) is 11.3 Å². The largest absolute Gasteiger partial charge is 0.507 e. The number of benzene rings is 1. The molecule has 0 saturated carbocycles. The monoisotopic (exact) mass is 293 g/mol. The van der Waals surface area contributed by atoms with Crippen LogP contribution in [0, 0.1) is 0 Å². The zero-order valence-corrected chi connectivity index (χ0v) is 12.2. The normalized spacial score (nSPS) is 10.4. The van der Waals surface area contributed by atoms with Crippen LogP contribution in [0.2, 0.25) is 0 Å². The molecule has 0 aliphatic carbocycles. The second-order valence-corrected chi connectivity index (χ2v) is 6.13. The lowest BCUT2D eigenvalue weighted by atomic mass is 10.3. The molecule has 1 amide bonds. The van der Waals surface area contributed by atoms with Gasteiger partial charge in [-0.2, -0.15) is 0 Å². The molecule has 19 heavy (non-hydrogen) atoms. The zero-order chi connectivity index (χ0) is 13.7. The van der Waals surface area contributed by atoms with Crippen LogP contribution in [0.4, 0.5) is 0 Å². The lowest BCUT2D eigenvalue weighted by Crippen LogP contribution is -2.27. The Labute approximate surface area is 120 Å². The number of thiophene rings is 1. The van der Waals surface area contributed by atoms with E-state index in [4.69, 9.17) is 0 Å². The number of para-hydroxylation sites is 1. The second-order valence-electron chi connectivity index (χ2n) is 4.09. The Kier molecular flexibility index (Phi) is 4.87. The molecular formula is C14H15NO2S2. The van der Waals surface area contributed by atoms with Crippen molar-refractivity contribution in [3.8, 4) is 5.75 Å². The molecule has 100 valence electrons. The molecule has 3 nitrogen and oxygen atoms in total. The van der Waals surface area contributed by atoms with Crippen LogP contribution < -0.4 is 0 Å². The number of phenols is 1. The van der Waals surface area contributed by atoms with Gasteiger partial charge in [0.1, 0.15) is 5.75 Å². The van der Waals surface area contributed by atoms with E-state index in [0.717, 1.165) is 4.90 Å². The lowest BCUT2D eigenvalue weighted by Gasteiger charge is -2.16. The summed E-state index contributed by atoms with van der Waals surface area (Å²) in [4.78, 5) is 15.6. The van der Waals surface area contributed by atoms with Crippen LogP contribution in [0.5, 0.6) is 5.75 Å². The number of hydrogen-bond acceptors (Lipinski definition) is 4. The van der Waals surface area contributed by atoms with Gasteiger partial charge in [-0.05, 0) is 23.6 Å². The number of amides is 1. The average Bonchev–Trinajstić information content (AvgIpc) is 2.90. The van der Waals surface area contributed by atoms with Crippen molar-refractivity contribution in [2.24, 2.45) is 0 Å². The molecule has 0 aliphatic heterocycles. The minimum Gasteiger partial charge on any atom is -0.507 e. The molecule has 0 unspecified atom stereocenters. The summed E-state index contributed by atoms with van der Waals surface area (Å²) in [5.41, 5.74) is 0. The van der Waals surface area contributed by atoms with E-state index in [1.165, 1.54) is 16.6 Å². The number of phenolic OH excluding ortho intramolecular Hbond substituents is 1. The summed E-state index contributed by atoms with van der Waals surface area (Å²) in [6, 6.07) is 11.1. The van der Waals surface area contributed by atoms with Crippen molar-refractivity contribution in [1.29, 1.82) is 0 Å². The standard InChI is InChI=1S/C14H15NO2S2/c1-15(9-11-5-4-8-18-11)14(17)10-19-13-7-3-2-6-12(13)16/h2-8,16H,9-10H2,1H3. The number of nitrogens with zero attached hydrogens (tertiary/aromatic N) is 1. The minimum absolute atomic E-state index is 0.0571.